The van der Waals surface area contributed by atoms with Gasteiger partial charge in [-0.2, -0.15) is 0 Å². The van der Waals surface area contributed by atoms with E-state index in [1.165, 1.54) is 11.3 Å². The Kier molecular flexibility index (Phi) is 3.19. The summed E-state index contributed by atoms with van der Waals surface area (Å²) in [5.74, 6) is 0. The van der Waals surface area contributed by atoms with E-state index in [1.807, 2.05) is 24.3 Å². The van der Waals surface area contributed by atoms with E-state index in [4.69, 9.17) is 23.2 Å². The lowest BCUT2D eigenvalue weighted by molar-refractivity contribution is 0.668. The van der Waals surface area contributed by atoms with Gasteiger partial charge in [-0.25, -0.2) is 0 Å². The second kappa shape index (κ2) is 4.83. The molecule has 0 saturated carbocycles. The van der Waals surface area contributed by atoms with Crippen LogP contribution in [-0.2, 0) is 6.42 Å². The zero-order valence-corrected chi connectivity index (χ0v) is 11.3. The van der Waals surface area contributed by atoms with Crippen molar-refractivity contribution < 1.29 is 0 Å². The maximum absolute atomic E-state index is 6.26. The van der Waals surface area contributed by atoms with Crippen molar-refractivity contribution >= 4 is 28.9 Å². The van der Waals surface area contributed by atoms with Crippen LogP contribution in [0.5, 0.6) is 0 Å². The van der Waals surface area contributed by atoms with Gasteiger partial charge in [-0.3, -0.25) is 0 Å². The molecule has 1 atom stereocenters. The molecule has 1 heterocycles. The molecule has 0 spiro atoms. The molecular weight excluding hydrogens is 265 g/mol. The van der Waals surface area contributed by atoms with Crippen molar-refractivity contribution in [3.05, 3.63) is 63.6 Å². The number of fused-ring (bicyclic) bond motifs is 1. The third-order valence-corrected chi connectivity index (χ3v) is 3.96. The van der Waals surface area contributed by atoms with Gasteiger partial charge in [0.05, 0.1) is 6.04 Å². The first-order valence-corrected chi connectivity index (χ1v) is 6.79. The fourth-order valence-corrected chi connectivity index (χ4v) is 2.88. The molecule has 0 aromatic heterocycles. The molecule has 3 rings (SSSR count). The number of halogens is 2. The molecule has 0 fully saturated rings. The van der Waals surface area contributed by atoms with Crippen molar-refractivity contribution in [2.45, 2.75) is 18.9 Å². The molecule has 0 amide bonds. The van der Waals surface area contributed by atoms with E-state index in [1.54, 1.807) is 0 Å². The monoisotopic (exact) mass is 277 g/mol. The van der Waals surface area contributed by atoms with Crippen molar-refractivity contribution in [1.29, 1.82) is 0 Å². The van der Waals surface area contributed by atoms with Crippen LogP contribution >= 0.6 is 23.2 Å². The highest BCUT2D eigenvalue weighted by atomic mass is 35.5. The van der Waals surface area contributed by atoms with Crippen molar-refractivity contribution in [1.82, 2.24) is 0 Å². The van der Waals surface area contributed by atoms with Crippen LogP contribution < -0.4 is 5.32 Å². The van der Waals surface area contributed by atoms with Crippen LogP contribution in [0.3, 0.4) is 0 Å². The fourth-order valence-electron chi connectivity index (χ4n) is 2.45. The SMILES string of the molecule is Clc1ccc(Cl)c(C2CCc3ccccc3N2)c1. The molecule has 0 saturated heterocycles. The maximum Gasteiger partial charge on any atom is 0.0532 e. The summed E-state index contributed by atoms with van der Waals surface area (Å²) >= 11 is 12.3. The summed E-state index contributed by atoms with van der Waals surface area (Å²) < 4.78 is 0. The van der Waals surface area contributed by atoms with Gasteiger partial charge in [0.25, 0.3) is 0 Å². The van der Waals surface area contributed by atoms with Crippen LogP contribution in [0.4, 0.5) is 5.69 Å². The summed E-state index contributed by atoms with van der Waals surface area (Å²) in [6, 6.07) is 14.3. The molecule has 0 bridgehead atoms. The number of para-hydroxylation sites is 1. The summed E-state index contributed by atoms with van der Waals surface area (Å²) in [6.07, 6.45) is 2.10. The molecular formula is C15H13Cl2N. The van der Waals surface area contributed by atoms with Gasteiger partial charge in [-0.15, -0.1) is 0 Å². The lowest BCUT2D eigenvalue weighted by Crippen LogP contribution is -2.18. The smallest absolute Gasteiger partial charge is 0.0532 e. The van der Waals surface area contributed by atoms with Crippen molar-refractivity contribution in [3.63, 3.8) is 0 Å². The zero-order valence-electron chi connectivity index (χ0n) is 9.79. The minimum absolute atomic E-state index is 0.242. The van der Waals surface area contributed by atoms with Gasteiger partial charge in [-0.1, -0.05) is 41.4 Å². The van der Waals surface area contributed by atoms with Gasteiger partial charge in [0.1, 0.15) is 0 Å². The Balaban J connectivity index is 1.94. The normalized spacial score (nSPS) is 18.0. The average molecular weight is 278 g/mol. The molecule has 0 radical (unpaired) electrons. The highest BCUT2D eigenvalue weighted by Gasteiger charge is 2.20. The number of anilines is 1. The molecule has 1 N–H and O–H groups in total. The first-order valence-electron chi connectivity index (χ1n) is 6.03. The minimum atomic E-state index is 0.242. The van der Waals surface area contributed by atoms with Crippen molar-refractivity contribution in [2.24, 2.45) is 0 Å². The Morgan fingerprint density at radius 2 is 1.89 bits per heavy atom. The van der Waals surface area contributed by atoms with E-state index < -0.39 is 0 Å². The van der Waals surface area contributed by atoms with E-state index in [2.05, 4.69) is 23.5 Å². The Labute approximate surface area is 117 Å². The fraction of sp³-hybridized carbons (Fsp3) is 0.200. The largest absolute Gasteiger partial charge is 0.378 e. The lowest BCUT2D eigenvalue weighted by atomic mass is 9.93. The Morgan fingerprint density at radius 3 is 2.78 bits per heavy atom. The van der Waals surface area contributed by atoms with Gasteiger partial charge < -0.3 is 5.32 Å². The standard InChI is InChI=1S/C15H13Cl2N/c16-11-6-7-13(17)12(9-11)15-8-5-10-3-1-2-4-14(10)18-15/h1-4,6-7,9,15,18H,5,8H2. The summed E-state index contributed by atoms with van der Waals surface area (Å²) in [7, 11) is 0. The number of hydrogen-bond acceptors (Lipinski definition) is 1. The second-order valence-electron chi connectivity index (χ2n) is 4.56. The van der Waals surface area contributed by atoms with Crippen LogP contribution in [0.25, 0.3) is 0 Å². The van der Waals surface area contributed by atoms with Crippen LogP contribution in [0.1, 0.15) is 23.6 Å². The molecule has 2 aromatic carbocycles. The van der Waals surface area contributed by atoms with Crippen LogP contribution in [0.15, 0.2) is 42.5 Å². The highest BCUT2D eigenvalue weighted by molar-refractivity contribution is 6.33. The summed E-state index contributed by atoms with van der Waals surface area (Å²) in [6.45, 7) is 0. The Morgan fingerprint density at radius 1 is 1.06 bits per heavy atom. The maximum atomic E-state index is 6.26. The van der Waals surface area contributed by atoms with E-state index in [0.29, 0.717) is 0 Å². The molecule has 0 aliphatic carbocycles. The van der Waals surface area contributed by atoms with E-state index in [9.17, 15) is 0 Å². The van der Waals surface area contributed by atoms with E-state index in [0.717, 1.165) is 28.5 Å². The summed E-state index contributed by atoms with van der Waals surface area (Å²) in [5, 5.41) is 5.04. The van der Waals surface area contributed by atoms with Gasteiger partial charge in [0, 0.05) is 15.7 Å². The molecule has 18 heavy (non-hydrogen) atoms. The number of rotatable bonds is 1. The van der Waals surface area contributed by atoms with Crippen molar-refractivity contribution in [3.8, 4) is 0 Å². The van der Waals surface area contributed by atoms with Gasteiger partial charge in [0.2, 0.25) is 0 Å². The molecule has 1 aliphatic heterocycles. The first kappa shape index (κ1) is 11.9. The predicted molar refractivity (Wildman–Crippen MR) is 77.6 cm³/mol. The molecule has 1 unspecified atom stereocenters. The summed E-state index contributed by atoms with van der Waals surface area (Å²) in [4.78, 5) is 0. The van der Waals surface area contributed by atoms with Crippen LogP contribution in [0.2, 0.25) is 10.0 Å². The van der Waals surface area contributed by atoms with Crippen LogP contribution in [0, 0.1) is 0 Å². The predicted octanol–water partition coefficient (Wildman–Crippen LogP) is 5.09. The van der Waals surface area contributed by atoms with E-state index in [-0.39, 0.29) is 6.04 Å². The quantitative estimate of drug-likeness (QED) is 0.765. The first-order chi connectivity index (χ1) is 8.74. The molecule has 92 valence electrons. The van der Waals surface area contributed by atoms with Gasteiger partial charge in [0.15, 0.2) is 0 Å². The number of benzene rings is 2. The average Bonchev–Trinajstić information content (AvgIpc) is 2.41. The molecule has 1 aliphatic rings. The number of nitrogens with one attached hydrogen (secondary N) is 1. The van der Waals surface area contributed by atoms with Crippen molar-refractivity contribution in [2.75, 3.05) is 5.32 Å². The minimum Gasteiger partial charge on any atom is -0.378 e. The van der Waals surface area contributed by atoms with Gasteiger partial charge in [-0.05, 0) is 48.2 Å². The number of hydrogen-bond donors (Lipinski definition) is 1. The van der Waals surface area contributed by atoms with E-state index >= 15 is 0 Å². The Bertz CT molecular complexity index is 580. The molecule has 2 aromatic rings. The third kappa shape index (κ3) is 2.21. The molecule has 3 heteroatoms. The van der Waals surface area contributed by atoms with Gasteiger partial charge >= 0.3 is 0 Å². The third-order valence-electron chi connectivity index (χ3n) is 3.38. The molecule has 1 nitrogen and oxygen atoms in total. The summed E-state index contributed by atoms with van der Waals surface area (Å²) in [5.41, 5.74) is 3.65. The number of aryl methyl sites for hydroxylation is 1. The topological polar surface area (TPSA) is 12.0 Å². The highest BCUT2D eigenvalue weighted by Crippen LogP contribution is 2.36. The van der Waals surface area contributed by atoms with Crippen LogP contribution in [-0.4, -0.2) is 0 Å². The lowest BCUT2D eigenvalue weighted by Gasteiger charge is -2.28. The Hall–Kier alpha value is -1.18. The zero-order chi connectivity index (χ0) is 12.5. The second-order valence-corrected chi connectivity index (χ2v) is 5.40.